The Hall–Kier alpha value is -2.22. The van der Waals surface area contributed by atoms with E-state index < -0.39 is 5.60 Å². The first-order chi connectivity index (χ1) is 14.1. The summed E-state index contributed by atoms with van der Waals surface area (Å²) in [5.41, 5.74) is 1.36. The standard InChI is InChI=1S/C22H30N4O3/c1-2-6-18-15-19(24-23-18)21(27)26-10-9-22(28,17-7-4-3-5-8-17)20(16-26)25-11-13-29-14-12-25/h3-5,7-8,15,20,28H,2,6,9-14,16H2,1H3,(H,23,24)/t20-,22+/m1/s1. The summed E-state index contributed by atoms with van der Waals surface area (Å²) in [6.45, 7) is 5.88. The Labute approximate surface area is 171 Å². The number of H-pyrrole nitrogens is 1. The SMILES string of the molecule is CCCc1cc(C(=O)N2CC[C@](O)(c3ccccc3)[C@H](N3CCOCC3)C2)n[nH]1. The highest BCUT2D eigenvalue weighted by atomic mass is 16.5. The first-order valence-electron chi connectivity index (χ1n) is 10.5. The summed E-state index contributed by atoms with van der Waals surface area (Å²) in [6, 6.07) is 11.5. The molecule has 156 valence electrons. The quantitative estimate of drug-likeness (QED) is 0.803. The van der Waals surface area contributed by atoms with E-state index in [2.05, 4.69) is 22.0 Å². The van der Waals surface area contributed by atoms with Crippen molar-refractivity contribution in [2.45, 2.75) is 37.8 Å². The van der Waals surface area contributed by atoms with Crippen LogP contribution in [0.2, 0.25) is 0 Å². The molecule has 2 N–H and O–H groups in total. The van der Waals surface area contributed by atoms with Gasteiger partial charge in [-0.25, -0.2) is 0 Å². The van der Waals surface area contributed by atoms with Crippen LogP contribution in [0.3, 0.4) is 0 Å². The van der Waals surface area contributed by atoms with Gasteiger partial charge in [0.15, 0.2) is 0 Å². The molecule has 7 heteroatoms. The molecule has 7 nitrogen and oxygen atoms in total. The number of aromatic amines is 1. The molecular weight excluding hydrogens is 368 g/mol. The maximum atomic E-state index is 13.1. The van der Waals surface area contributed by atoms with Gasteiger partial charge in [0.25, 0.3) is 5.91 Å². The van der Waals surface area contributed by atoms with Gasteiger partial charge in [0.1, 0.15) is 11.3 Å². The summed E-state index contributed by atoms with van der Waals surface area (Å²) < 4.78 is 5.52. The molecule has 2 aliphatic rings. The molecular formula is C22H30N4O3. The molecule has 0 unspecified atom stereocenters. The van der Waals surface area contributed by atoms with Crippen molar-refractivity contribution in [1.29, 1.82) is 0 Å². The van der Waals surface area contributed by atoms with Gasteiger partial charge in [-0.2, -0.15) is 5.10 Å². The van der Waals surface area contributed by atoms with E-state index in [-0.39, 0.29) is 11.9 Å². The highest BCUT2D eigenvalue weighted by Crippen LogP contribution is 2.36. The van der Waals surface area contributed by atoms with Crippen molar-refractivity contribution in [2.24, 2.45) is 0 Å². The monoisotopic (exact) mass is 398 g/mol. The van der Waals surface area contributed by atoms with E-state index in [1.165, 1.54) is 0 Å². The molecule has 0 aliphatic carbocycles. The number of morpholine rings is 1. The van der Waals surface area contributed by atoms with Crippen molar-refractivity contribution in [2.75, 3.05) is 39.4 Å². The third kappa shape index (κ3) is 4.08. The Morgan fingerprint density at radius 2 is 2.03 bits per heavy atom. The number of ether oxygens (including phenoxy) is 1. The summed E-state index contributed by atoms with van der Waals surface area (Å²) in [5, 5.41) is 19.0. The fourth-order valence-electron chi connectivity index (χ4n) is 4.51. The molecule has 1 aromatic carbocycles. The van der Waals surface area contributed by atoms with Crippen LogP contribution >= 0.6 is 0 Å². The third-order valence-electron chi connectivity index (χ3n) is 6.12. The number of carbonyl (C=O) groups is 1. The van der Waals surface area contributed by atoms with Crippen LogP contribution < -0.4 is 0 Å². The third-order valence-corrected chi connectivity index (χ3v) is 6.12. The second kappa shape index (κ2) is 8.65. The highest BCUT2D eigenvalue weighted by molar-refractivity contribution is 5.92. The lowest BCUT2D eigenvalue weighted by molar-refractivity contribution is -0.112. The van der Waals surface area contributed by atoms with E-state index in [1.807, 2.05) is 41.3 Å². The number of nitrogens with zero attached hydrogens (tertiary/aromatic N) is 3. The van der Waals surface area contributed by atoms with Gasteiger partial charge < -0.3 is 14.7 Å². The number of carbonyl (C=O) groups excluding carboxylic acids is 1. The number of benzene rings is 1. The minimum Gasteiger partial charge on any atom is -0.383 e. The Morgan fingerprint density at radius 3 is 2.76 bits per heavy atom. The first kappa shape index (κ1) is 20.1. The minimum atomic E-state index is -0.992. The topological polar surface area (TPSA) is 81.7 Å². The average molecular weight is 399 g/mol. The normalized spacial score (nSPS) is 25.9. The van der Waals surface area contributed by atoms with Gasteiger partial charge in [0.05, 0.1) is 19.3 Å². The number of piperidine rings is 1. The lowest BCUT2D eigenvalue weighted by atomic mass is 9.79. The molecule has 1 aromatic heterocycles. The molecule has 2 aliphatic heterocycles. The van der Waals surface area contributed by atoms with E-state index in [9.17, 15) is 9.90 Å². The maximum absolute atomic E-state index is 13.1. The number of aryl methyl sites for hydroxylation is 1. The summed E-state index contributed by atoms with van der Waals surface area (Å²) >= 11 is 0. The molecule has 4 rings (SSSR count). The van der Waals surface area contributed by atoms with Crippen molar-refractivity contribution in [3.8, 4) is 0 Å². The Kier molecular flexibility index (Phi) is 5.99. The number of nitrogens with one attached hydrogen (secondary N) is 1. The van der Waals surface area contributed by atoms with Crippen LogP contribution in [0.4, 0.5) is 0 Å². The highest BCUT2D eigenvalue weighted by Gasteiger charge is 2.47. The van der Waals surface area contributed by atoms with Crippen molar-refractivity contribution in [3.05, 3.63) is 53.3 Å². The Balaban J connectivity index is 1.58. The Bertz CT molecular complexity index is 818. The zero-order valence-corrected chi connectivity index (χ0v) is 17.0. The van der Waals surface area contributed by atoms with Gasteiger partial charge in [-0.1, -0.05) is 43.7 Å². The van der Waals surface area contributed by atoms with Gasteiger partial charge in [0.2, 0.25) is 0 Å². The van der Waals surface area contributed by atoms with Crippen molar-refractivity contribution < 1.29 is 14.6 Å². The first-order valence-corrected chi connectivity index (χ1v) is 10.5. The summed E-state index contributed by atoms with van der Waals surface area (Å²) in [5.74, 6) is -0.0722. The van der Waals surface area contributed by atoms with Crippen LogP contribution in [-0.4, -0.2) is 76.4 Å². The van der Waals surface area contributed by atoms with Gasteiger partial charge in [-0.3, -0.25) is 14.8 Å². The number of hydrogen-bond donors (Lipinski definition) is 2. The molecule has 2 aromatic rings. The molecule has 2 atom stereocenters. The van der Waals surface area contributed by atoms with Crippen LogP contribution in [0.15, 0.2) is 36.4 Å². The molecule has 29 heavy (non-hydrogen) atoms. The smallest absolute Gasteiger partial charge is 0.274 e. The van der Waals surface area contributed by atoms with Gasteiger partial charge >= 0.3 is 0 Å². The number of likely N-dealkylation sites (tertiary alicyclic amines) is 1. The van der Waals surface area contributed by atoms with Crippen molar-refractivity contribution in [3.63, 3.8) is 0 Å². The summed E-state index contributed by atoms with van der Waals surface area (Å²) in [7, 11) is 0. The minimum absolute atomic E-state index is 0.0722. The van der Waals surface area contributed by atoms with E-state index in [1.54, 1.807) is 0 Å². The number of aliphatic hydroxyl groups is 1. The lowest BCUT2D eigenvalue weighted by Crippen LogP contribution is -2.63. The molecule has 2 saturated heterocycles. The largest absolute Gasteiger partial charge is 0.383 e. The fraction of sp³-hybridized carbons (Fsp3) is 0.545. The number of amides is 1. The number of hydrogen-bond acceptors (Lipinski definition) is 5. The van der Waals surface area contributed by atoms with Crippen molar-refractivity contribution in [1.82, 2.24) is 20.0 Å². The zero-order valence-electron chi connectivity index (χ0n) is 17.0. The molecule has 1 amide bonds. The van der Waals surface area contributed by atoms with Gasteiger partial charge in [-0.05, 0) is 24.5 Å². The molecule has 2 fully saturated rings. The second-order valence-corrected chi connectivity index (χ2v) is 7.98. The molecule has 0 saturated carbocycles. The Morgan fingerprint density at radius 1 is 1.28 bits per heavy atom. The number of aromatic nitrogens is 2. The van der Waals surface area contributed by atoms with Crippen LogP contribution in [-0.2, 0) is 16.8 Å². The number of rotatable bonds is 5. The van der Waals surface area contributed by atoms with Gasteiger partial charge in [0, 0.05) is 31.9 Å². The van der Waals surface area contributed by atoms with Crippen LogP contribution in [0.25, 0.3) is 0 Å². The molecule has 0 bridgehead atoms. The molecule has 0 spiro atoms. The van der Waals surface area contributed by atoms with E-state index in [0.29, 0.717) is 38.4 Å². The van der Waals surface area contributed by atoms with Gasteiger partial charge in [-0.15, -0.1) is 0 Å². The molecule has 3 heterocycles. The van der Waals surface area contributed by atoms with Crippen molar-refractivity contribution >= 4 is 5.91 Å². The van der Waals surface area contributed by atoms with E-state index >= 15 is 0 Å². The maximum Gasteiger partial charge on any atom is 0.274 e. The average Bonchev–Trinajstić information content (AvgIpc) is 3.24. The predicted molar refractivity (Wildman–Crippen MR) is 110 cm³/mol. The van der Waals surface area contributed by atoms with E-state index in [0.717, 1.165) is 37.2 Å². The molecule has 0 radical (unpaired) electrons. The predicted octanol–water partition coefficient (Wildman–Crippen LogP) is 1.80. The van der Waals surface area contributed by atoms with Crippen LogP contribution in [0.5, 0.6) is 0 Å². The van der Waals surface area contributed by atoms with E-state index in [4.69, 9.17) is 4.74 Å². The zero-order chi connectivity index (χ0) is 20.3. The summed E-state index contributed by atoms with van der Waals surface area (Å²) in [4.78, 5) is 17.2. The lowest BCUT2D eigenvalue weighted by Gasteiger charge is -2.50. The van der Waals surface area contributed by atoms with Crippen LogP contribution in [0, 0.1) is 0 Å². The summed E-state index contributed by atoms with van der Waals surface area (Å²) in [6.07, 6.45) is 2.38. The van der Waals surface area contributed by atoms with Crippen LogP contribution in [0.1, 0.15) is 41.5 Å². The second-order valence-electron chi connectivity index (χ2n) is 7.98. The fourth-order valence-corrected chi connectivity index (χ4v) is 4.51.